The summed E-state index contributed by atoms with van der Waals surface area (Å²) < 4.78 is 5.06. The maximum absolute atomic E-state index is 12.7. The van der Waals surface area contributed by atoms with Gasteiger partial charge >= 0.3 is 0 Å². The predicted molar refractivity (Wildman–Crippen MR) is 101 cm³/mol. The van der Waals surface area contributed by atoms with E-state index in [0.29, 0.717) is 25.3 Å². The number of fused-ring (bicyclic) bond motifs is 1. The molecule has 0 bridgehead atoms. The Morgan fingerprint density at radius 3 is 2.77 bits per heavy atom. The number of H-pyrrole nitrogens is 1. The molecule has 0 unspecified atom stereocenters. The highest BCUT2D eigenvalue weighted by atomic mass is 16.5. The van der Waals surface area contributed by atoms with Crippen molar-refractivity contribution in [2.75, 3.05) is 20.2 Å². The number of aromatic amines is 1. The number of hydrogen-bond donors (Lipinski definition) is 2. The van der Waals surface area contributed by atoms with Gasteiger partial charge < -0.3 is 19.7 Å². The molecule has 0 radical (unpaired) electrons. The quantitative estimate of drug-likeness (QED) is 0.713. The summed E-state index contributed by atoms with van der Waals surface area (Å²) in [6.45, 7) is 5.02. The third kappa shape index (κ3) is 3.64. The Labute approximate surface area is 152 Å². The minimum atomic E-state index is -0.209. The van der Waals surface area contributed by atoms with Crippen LogP contribution in [0.5, 0.6) is 11.5 Å². The van der Waals surface area contributed by atoms with Gasteiger partial charge in [0.15, 0.2) is 0 Å². The SMILES string of the molecule is CCN(CCc1nc2ccc(C)cc2[nH]1)C(=O)c1ccc(OC)cc1O. The molecule has 0 saturated carbocycles. The lowest BCUT2D eigenvalue weighted by molar-refractivity contribution is 0.0762. The molecular formula is C20H23N3O3. The first-order chi connectivity index (χ1) is 12.5. The summed E-state index contributed by atoms with van der Waals surface area (Å²) >= 11 is 0. The molecule has 0 aliphatic carbocycles. The fraction of sp³-hybridized carbons (Fsp3) is 0.300. The van der Waals surface area contributed by atoms with Crippen LogP contribution in [-0.4, -0.2) is 46.1 Å². The summed E-state index contributed by atoms with van der Waals surface area (Å²) in [6, 6.07) is 10.8. The number of phenols is 1. The van der Waals surface area contributed by atoms with E-state index in [0.717, 1.165) is 16.9 Å². The maximum atomic E-state index is 12.7. The molecular weight excluding hydrogens is 330 g/mol. The normalized spacial score (nSPS) is 10.9. The number of methoxy groups -OCH3 is 1. The molecule has 6 heteroatoms. The summed E-state index contributed by atoms with van der Waals surface area (Å²) in [5.74, 6) is 1.07. The van der Waals surface area contributed by atoms with Crippen molar-refractivity contribution in [3.05, 3.63) is 53.3 Å². The Bertz CT molecular complexity index is 933. The van der Waals surface area contributed by atoms with E-state index in [4.69, 9.17) is 4.74 Å². The van der Waals surface area contributed by atoms with E-state index in [-0.39, 0.29) is 17.2 Å². The average molecular weight is 353 g/mol. The van der Waals surface area contributed by atoms with Crippen LogP contribution in [0, 0.1) is 6.92 Å². The van der Waals surface area contributed by atoms with Crippen molar-refractivity contribution in [3.8, 4) is 11.5 Å². The lowest BCUT2D eigenvalue weighted by Gasteiger charge is -2.21. The zero-order chi connectivity index (χ0) is 18.7. The number of carbonyl (C=O) groups excluding carboxylic acids is 1. The molecule has 0 atom stereocenters. The van der Waals surface area contributed by atoms with Gasteiger partial charge in [0, 0.05) is 25.6 Å². The second kappa shape index (κ2) is 7.47. The number of carbonyl (C=O) groups is 1. The van der Waals surface area contributed by atoms with Crippen molar-refractivity contribution < 1.29 is 14.6 Å². The molecule has 3 aromatic rings. The zero-order valence-electron chi connectivity index (χ0n) is 15.2. The number of phenolic OH excluding ortho intramolecular Hbond substituents is 1. The standard InChI is InChI=1S/C20H23N3O3/c1-4-23(20(25)15-7-6-14(26-3)12-18(15)24)10-9-19-21-16-8-5-13(2)11-17(16)22-19/h5-8,11-12,24H,4,9-10H2,1-3H3,(H,21,22). The van der Waals surface area contributed by atoms with Gasteiger partial charge in [-0.15, -0.1) is 0 Å². The summed E-state index contributed by atoms with van der Waals surface area (Å²) in [7, 11) is 1.52. The number of benzene rings is 2. The van der Waals surface area contributed by atoms with Gasteiger partial charge in [-0.2, -0.15) is 0 Å². The van der Waals surface area contributed by atoms with Gasteiger partial charge in [0.2, 0.25) is 0 Å². The Morgan fingerprint density at radius 2 is 2.08 bits per heavy atom. The molecule has 136 valence electrons. The molecule has 1 aromatic heterocycles. The number of aryl methyl sites for hydroxylation is 1. The highest BCUT2D eigenvalue weighted by molar-refractivity contribution is 5.97. The number of amides is 1. The minimum absolute atomic E-state index is 0.0768. The van der Waals surface area contributed by atoms with Crippen LogP contribution in [0.3, 0.4) is 0 Å². The fourth-order valence-electron chi connectivity index (χ4n) is 2.93. The molecule has 0 fully saturated rings. The summed E-state index contributed by atoms with van der Waals surface area (Å²) in [5.41, 5.74) is 3.37. The van der Waals surface area contributed by atoms with Gasteiger partial charge in [-0.1, -0.05) is 6.07 Å². The van der Waals surface area contributed by atoms with E-state index in [1.165, 1.54) is 18.7 Å². The first-order valence-electron chi connectivity index (χ1n) is 8.63. The van der Waals surface area contributed by atoms with Gasteiger partial charge in [0.25, 0.3) is 5.91 Å². The smallest absolute Gasteiger partial charge is 0.257 e. The molecule has 2 aromatic carbocycles. The number of nitrogens with one attached hydrogen (secondary N) is 1. The van der Waals surface area contributed by atoms with E-state index < -0.39 is 0 Å². The van der Waals surface area contributed by atoms with Crippen LogP contribution in [0.2, 0.25) is 0 Å². The molecule has 0 aliphatic heterocycles. The van der Waals surface area contributed by atoms with Crippen LogP contribution >= 0.6 is 0 Å². The molecule has 1 amide bonds. The number of imidazole rings is 1. The first-order valence-corrected chi connectivity index (χ1v) is 8.63. The predicted octanol–water partition coefficient (Wildman–Crippen LogP) is 3.29. The Morgan fingerprint density at radius 1 is 1.27 bits per heavy atom. The lowest BCUT2D eigenvalue weighted by Crippen LogP contribution is -2.33. The van der Waals surface area contributed by atoms with Crippen LogP contribution in [0.25, 0.3) is 11.0 Å². The van der Waals surface area contributed by atoms with Crippen LogP contribution < -0.4 is 4.74 Å². The maximum Gasteiger partial charge on any atom is 0.257 e. The third-order valence-electron chi connectivity index (χ3n) is 4.41. The first kappa shape index (κ1) is 17.8. The second-order valence-electron chi connectivity index (χ2n) is 6.22. The second-order valence-corrected chi connectivity index (χ2v) is 6.22. The van der Waals surface area contributed by atoms with E-state index >= 15 is 0 Å². The number of rotatable bonds is 6. The number of hydrogen-bond acceptors (Lipinski definition) is 4. The van der Waals surface area contributed by atoms with Gasteiger partial charge in [-0.25, -0.2) is 4.98 Å². The Kier molecular flexibility index (Phi) is 5.11. The monoisotopic (exact) mass is 353 g/mol. The molecule has 0 aliphatic rings. The Balaban J connectivity index is 1.73. The van der Waals surface area contributed by atoms with Crippen LogP contribution in [0.15, 0.2) is 36.4 Å². The molecule has 3 rings (SSSR count). The molecule has 0 spiro atoms. The van der Waals surface area contributed by atoms with Crippen molar-refractivity contribution in [1.82, 2.24) is 14.9 Å². The van der Waals surface area contributed by atoms with Crippen molar-refractivity contribution in [3.63, 3.8) is 0 Å². The number of aromatic nitrogens is 2. The van der Waals surface area contributed by atoms with Crippen LogP contribution in [0.4, 0.5) is 0 Å². The average Bonchev–Trinajstić information content (AvgIpc) is 3.03. The number of aromatic hydroxyl groups is 1. The van der Waals surface area contributed by atoms with Crippen molar-refractivity contribution in [1.29, 1.82) is 0 Å². The fourth-order valence-corrected chi connectivity index (χ4v) is 2.93. The molecule has 26 heavy (non-hydrogen) atoms. The van der Waals surface area contributed by atoms with Gasteiger partial charge in [-0.05, 0) is 43.7 Å². The van der Waals surface area contributed by atoms with Crippen LogP contribution in [0.1, 0.15) is 28.7 Å². The van der Waals surface area contributed by atoms with Gasteiger partial charge in [-0.3, -0.25) is 4.79 Å². The summed E-state index contributed by atoms with van der Waals surface area (Å²) in [4.78, 5) is 22.3. The van der Waals surface area contributed by atoms with Gasteiger partial charge in [0.05, 0.1) is 23.7 Å². The van der Waals surface area contributed by atoms with Crippen LogP contribution in [-0.2, 0) is 6.42 Å². The molecule has 0 saturated heterocycles. The molecule has 6 nitrogen and oxygen atoms in total. The van der Waals surface area contributed by atoms with E-state index in [1.807, 2.05) is 26.0 Å². The lowest BCUT2D eigenvalue weighted by atomic mass is 10.1. The molecule has 2 N–H and O–H groups in total. The van der Waals surface area contributed by atoms with E-state index in [9.17, 15) is 9.90 Å². The Hall–Kier alpha value is -3.02. The molecule has 1 heterocycles. The number of likely N-dealkylation sites (N-methyl/N-ethyl adjacent to an activating group) is 1. The highest BCUT2D eigenvalue weighted by Crippen LogP contribution is 2.24. The topological polar surface area (TPSA) is 78.5 Å². The highest BCUT2D eigenvalue weighted by Gasteiger charge is 2.18. The third-order valence-corrected chi connectivity index (χ3v) is 4.41. The van der Waals surface area contributed by atoms with E-state index in [1.54, 1.807) is 17.0 Å². The van der Waals surface area contributed by atoms with Crippen molar-refractivity contribution in [2.24, 2.45) is 0 Å². The minimum Gasteiger partial charge on any atom is -0.507 e. The van der Waals surface area contributed by atoms with Crippen molar-refractivity contribution in [2.45, 2.75) is 20.3 Å². The largest absolute Gasteiger partial charge is 0.507 e. The summed E-state index contributed by atoms with van der Waals surface area (Å²) in [5, 5.41) is 10.1. The van der Waals surface area contributed by atoms with Gasteiger partial charge in [0.1, 0.15) is 17.3 Å². The zero-order valence-corrected chi connectivity index (χ0v) is 15.2. The number of nitrogens with zero attached hydrogens (tertiary/aromatic N) is 2. The number of ether oxygens (including phenoxy) is 1. The summed E-state index contributed by atoms with van der Waals surface area (Å²) in [6.07, 6.45) is 0.615. The van der Waals surface area contributed by atoms with E-state index in [2.05, 4.69) is 16.0 Å². The van der Waals surface area contributed by atoms with Crippen molar-refractivity contribution >= 4 is 16.9 Å².